The van der Waals surface area contributed by atoms with Crippen molar-refractivity contribution in [1.29, 1.82) is 0 Å². The van der Waals surface area contributed by atoms with Crippen LogP contribution in [0.2, 0.25) is 0 Å². The highest BCUT2D eigenvalue weighted by atomic mass is 79.9. The van der Waals surface area contributed by atoms with E-state index in [1.165, 1.54) is 12.1 Å². The zero-order valence-electron chi connectivity index (χ0n) is 11.2. The molecule has 0 spiro atoms. The smallest absolute Gasteiger partial charge is 0.287 e. The first kappa shape index (κ1) is 20.4. The molecule has 0 aliphatic rings. The minimum atomic E-state index is -4.86. The first-order valence-electron chi connectivity index (χ1n) is 5.91. The van der Waals surface area contributed by atoms with Gasteiger partial charge in [0.25, 0.3) is 0 Å². The molecule has 0 saturated carbocycles. The van der Waals surface area contributed by atoms with Crippen LogP contribution in [0.3, 0.4) is 0 Å². The van der Waals surface area contributed by atoms with Crippen molar-refractivity contribution in [3.05, 3.63) is 34.3 Å². The van der Waals surface area contributed by atoms with Gasteiger partial charge in [0, 0.05) is 11.0 Å². The van der Waals surface area contributed by atoms with E-state index in [-0.39, 0.29) is 6.54 Å². The van der Waals surface area contributed by atoms with Gasteiger partial charge in [-0.15, -0.1) is 0 Å². The van der Waals surface area contributed by atoms with Gasteiger partial charge in [-0.1, -0.05) is 28.1 Å². The number of benzene rings is 1. The number of hydrogen-bond donors (Lipinski definition) is 1. The number of alkyl halides is 6. The maximum atomic E-state index is 12.1. The lowest BCUT2D eigenvalue weighted by Gasteiger charge is -2.21. The van der Waals surface area contributed by atoms with Gasteiger partial charge in [-0.25, -0.2) is 9.65 Å². The molecule has 0 radical (unpaired) electrons. The van der Waals surface area contributed by atoms with Crippen molar-refractivity contribution in [3.63, 3.8) is 0 Å². The lowest BCUT2D eigenvalue weighted by atomic mass is 10.2. The third-order valence-electron chi connectivity index (χ3n) is 2.19. The highest BCUT2D eigenvalue weighted by Gasteiger charge is 2.38. The summed E-state index contributed by atoms with van der Waals surface area (Å²) in [6, 6.07) is 6.23. The normalized spacial score (nSPS) is 13.3. The summed E-state index contributed by atoms with van der Waals surface area (Å²) in [5.41, 5.74) is 0.458. The molecule has 0 aliphatic heterocycles. The fourth-order valence-corrected chi connectivity index (χ4v) is 2.77. The van der Waals surface area contributed by atoms with Crippen LogP contribution in [0, 0.1) is 0 Å². The van der Waals surface area contributed by atoms with Gasteiger partial charge < -0.3 is 0 Å². The molecule has 0 amide bonds. The molecule has 0 aliphatic carbocycles. The van der Waals surface area contributed by atoms with Crippen molar-refractivity contribution >= 4 is 23.7 Å². The van der Waals surface area contributed by atoms with Crippen LogP contribution in [0.4, 0.5) is 26.3 Å². The topological polar surface area (TPSA) is 47.6 Å². The van der Waals surface area contributed by atoms with E-state index in [2.05, 4.69) is 25.0 Å². The molecule has 0 unspecified atom stereocenters. The van der Waals surface area contributed by atoms with Crippen LogP contribution in [0.1, 0.15) is 5.56 Å². The summed E-state index contributed by atoms with van der Waals surface area (Å²) in [4.78, 5) is 0. The molecule has 1 rings (SSSR count). The van der Waals surface area contributed by atoms with Crippen molar-refractivity contribution < 1.29 is 40.0 Å². The zero-order chi connectivity index (χ0) is 17.7. The summed E-state index contributed by atoms with van der Waals surface area (Å²) >= 11 is 3.15. The van der Waals surface area contributed by atoms with E-state index in [4.69, 9.17) is 0 Å². The molecular formula is C11H11BrF6NO3P. The fraction of sp³-hybridized carbons (Fsp3) is 0.455. The number of nitrogens with one attached hydrogen (secondary N) is 1. The van der Waals surface area contributed by atoms with Gasteiger partial charge >= 0.3 is 20.1 Å². The minimum absolute atomic E-state index is 0.305. The summed E-state index contributed by atoms with van der Waals surface area (Å²) in [7, 11) is -4.79. The minimum Gasteiger partial charge on any atom is -0.287 e. The monoisotopic (exact) mass is 429 g/mol. The first-order chi connectivity index (χ1) is 10.4. The Morgan fingerprint density at radius 2 is 1.39 bits per heavy atom. The van der Waals surface area contributed by atoms with E-state index in [1.54, 1.807) is 12.1 Å². The standard InChI is InChI=1S/C11H11BrF6NO3P/c12-9-3-1-8(2-4-9)5-19-23(20,21-6-10(13,14)15)22-7-11(16,17)18/h1-4H,5-7H2,(H,19,20). The predicted octanol–water partition coefficient (Wildman–Crippen LogP) is 4.80. The first-order valence-corrected chi connectivity index (χ1v) is 8.24. The van der Waals surface area contributed by atoms with Crippen LogP contribution < -0.4 is 5.09 Å². The Morgan fingerprint density at radius 1 is 0.957 bits per heavy atom. The van der Waals surface area contributed by atoms with E-state index in [0.717, 1.165) is 0 Å². The van der Waals surface area contributed by atoms with Gasteiger partial charge in [-0.05, 0) is 17.7 Å². The van der Waals surface area contributed by atoms with Gasteiger partial charge in [-0.2, -0.15) is 26.3 Å². The van der Waals surface area contributed by atoms with E-state index in [0.29, 0.717) is 10.0 Å². The summed E-state index contributed by atoms with van der Waals surface area (Å²) in [6.07, 6.45) is -9.73. The molecule has 23 heavy (non-hydrogen) atoms. The molecule has 1 aromatic rings. The molecule has 1 N–H and O–H groups in total. The average Bonchev–Trinajstić information content (AvgIpc) is 2.41. The molecular weight excluding hydrogens is 419 g/mol. The van der Waals surface area contributed by atoms with Gasteiger partial charge in [0.05, 0.1) is 0 Å². The summed E-state index contributed by atoms with van der Waals surface area (Å²) in [6.45, 7) is -4.31. The molecule has 1 aromatic carbocycles. The van der Waals surface area contributed by atoms with Crippen LogP contribution in [0.5, 0.6) is 0 Å². The third-order valence-corrected chi connectivity index (χ3v) is 4.20. The molecule has 0 heterocycles. The summed E-state index contributed by atoms with van der Waals surface area (Å²) < 4.78 is 93.4. The van der Waals surface area contributed by atoms with Crippen LogP contribution in [-0.2, 0) is 20.2 Å². The van der Waals surface area contributed by atoms with Crippen molar-refractivity contribution in [2.24, 2.45) is 0 Å². The van der Waals surface area contributed by atoms with E-state index >= 15 is 0 Å². The van der Waals surface area contributed by atoms with Crippen molar-refractivity contribution in [1.82, 2.24) is 5.09 Å². The Hall–Kier alpha value is -0.610. The second-order valence-corrected chi connectivity index (χ2v) is 6.98. The number of rotatable bonds is 7. The SMILES string of the molecule is O=P(NCc1ccc(Br)cc1)(OCC(F)(F)F)OCC(F)(F)F. The number of halogens is 7. The predicted molar refractivity (Wildman–Crippen MR) is 72.6 cm³/mol. The molecule has 4 nitrogen and oxygen atoms in total. The van der Waals surface area contributed by atoms with Crippen LogP contribution >= 0.6 is 23.7 Å². The Morgan fingerprint density at radius 3 is 1.78 bits per heavy atom. The molecule has 0 atom stereocenters. The molecule has 0 fully saturated rings. The summed E-state index contributed by atoms with van der Waals surface area (Å²) in [5, 5.41) is 1.97. The lowest BCUT2D eigenvalue weighted by Crippen LogP contribution is -2.24. The molecule has 0 aromatic heterocycles. The lowest BCUT2D eigenvalue weighted by molar-refractivity contribution is -0.166. The van der Waals surface area contributed by atoms with E-state index < -0.39 is 33.3 Å². The average molecular weight is 430 g/mol. The maximum absolute atomic E-state index is 12.1. The van der Waals surface area contributed by atoms with Crippen molar-refractivity contribution in [2.45, 2.75) is 18.9 Å². The Labute approximate surface area is 135 Å². The Balaban J connectivity index is 2.73. The second kappa shape index (κ2) is 7.98. The largest absolute Gasteiger partial charge is 0.412 e. The van der Waals surface area contributed by atoms with Crippen LogP contribution in [0.25, 0.3) is 0 Å². The highest BCUT2D eigenvalue weighted by Crippen LogP contribution is 2.46. The van der Waals surface area contributed by atoms with Gasteiger partial charge in [-0.3, -0.25) is 9.05 Å². The summed E-state index contributed by atoms with van der Waals surface area (Å²) in [5.74, 6) is 0. The fourth-order valence-electron chi connectivity index (χ4n) is 1.24. The van der Waals surface area contributed by atoms with Crippen LogP contribution in [0.15, 0.2) is 28.7 Å². The zero-order valence-corrected chi connectivity index (χ0v) is 13.7. The maximum Gasteiger partial charge on any atom is 0.412 e. The second-order valence-electron chi connectivity index (χ2n) is 4.24. The molecule has 0 bridgehead atoms. The number of hydrogen-bond acceptors (Lipinski definition) is 3. The van der Waals surface area contributed by atoms with Crippen molar-refractivity contribution in [3.8, 4) is 0 Å². The molecule has 0 saturated heterocycles. The van der Waals surface area contributed by atoms with Gasteiger partial charge in [0.1, 0.15) is 0 Å². The Bertz CT molecular complexity index is 526. The molecule has 12 heteroatoms. The van der Waals surface area contributed by atoms with E-state index in [9.17, 15) is 30.9 Å². The van der Waals surface area contributed by atoms with Crippen molar-refractivity contribution in [2.75, 3.05) is 13.2 Å². The Kier molecular flexibility index (Phi) is 7.09. The van der Waals surface area contributed by atoms with Crippen LogP contribution in [-0.4, -0.2) is 25.6 Å². The highest BCUT2D eigenvalue weighted by molar-refractivity contribution is 9.10. The quantitative estimate of drug-likeness (QED) is 0.499. The molecule has 132 valence electrons. The van der Waals surface area contributed by atoms with Gasteiger partial charge in [0.2, 0.25) is 0 Å². The third kappa shape index (κ3) is 9.31. The van der Waals surface area contributed by atoms with Gasteiger partial charge in [0.15, 0.2) is 13.2 Å². The van der Waals surface area contributed by atoms with E-state index in [1.807, 2.05) is 5.09 Å².